The van der Waals surface area contributed by atoms with Crippen LogP contribution in [0.5, 0.6) is 0 Å². The van der Waals surface area contributed by atoms with E-state index in [9.17, 15) is 4.79 Å². The van der Waals surface area contributed by atoms with Gasteiger partial charge in [-0.2, -0.15) is 0 Å². The van der Waals surface area contributed by atoms with Crippen molar-refractivity contribution in [3.8, 4) is 0 Å². The van der Waals surface area contributed by atoms with Crippen molar-refractivity contribution in [1.82, 2.24) is 0 Å². The number of benzene rings is 1. The highest BCUT2D eigenvalue weighted by atomic mass is 35.5. The van der Waals surface area contributed by atoms with Crippen molar-refractivity contribution in [2.45, 2.75) is 13.3 Å². The Morgan fingerprint density at radius 3 is 2.57 bits per heavy atom. The summed E-state index contributed by atoms with van der Waals surface area (Å²) in [6.07, 6.45) is 0.590. The van der Waals surface area contributed by atoms with Crippen molar-refractivity contribution in [3.63, 3.8) is 0 Å². The number of rotatable bonds is 3. The van der Waals surface area contributed by atoms with Crippen LogP contribution < -0.4 is 5.73 Å². The molecule has 2 N–H and O–H groups in total. The molecule has 14 heavy (non-hydrogen) atoms. The normalized spacial score (nSPS) is 12.5. The van der Waals surface area contributed by atoms with Gasteiger partial charge in [-0.3, -0.25) is 4.79 Å². The molecule has 0 aliphatic carbocycles. The Labute approximate surface area is 93.0 Å². The summed E-state index contributed by atoms with van der Waals surface area (Å²) in [7, 11) is 0. The van der Waals surface area contributed by atoms with E-state index in [-0.39, 0.29) is 11.8 Å². The van der Waals surface area contributed by atoms with Gasteiger partial charge in [0.25, 0.3) is 0 Å². The summed E-state index contributed by atoms with van der Waals surface area (Å²) >= 11 is 11.6. The molecule has 76 valence electrons. The first kappa shape index (κ1) is 11.3. The lowest BCUT2D eigenvalue weighted by Gasteiger charge is -2.07. The number of halogens is 2. The van der Waals surface area contributed by atoms with Gasteiger partial charge in [0, 0.05) is 5.92 Å². The quantitative estimate of drug-likeness (QED) is 0.855. The van der Waals surface area contributed by atoms with Crippen LogP contribution in [0.3, 0.4) is 0 Å². The first-order valence-electron chi connectivity index (χ1n) is 4.24. The Balaban J connectivity index is 2.78. The number of carbonyl (C=O) groups is 1. The molecule has 0 saturated carbocycles. The topological polar surface area (TPSA) is 43.1 Å². The molecule has 0 bridgehead atoms. The molecule has 4 heteroatoms. The second kappa shape index (κ2) is 4.67. The highest BCUT2D eigenvalue weighted by molar-refractivity contribution is 6.42. The fourth-order valence-electron chi connectivity index (χ4n) is 1.12. The van der Waals surface area contributed by atoms with Crippen molar-refractivity contribution in [1.29, 1.82) is 0 Å². The average Bonchev–Trinajstić information content (AvgIpc) is 2.11. The molecule has 1 amide bonds. The molecule has 0 aliphatic heterocycles. The SMILES string of the molecule is CC(Cc1ccc(Cl)c(Cl)c1)C(N)=O. The minimum Gasteiger partial charge on any atom is -0.369 e. The van der Waals surface area contributed by atoms with Gasteiger partial charge < -0.3 is 5.73 Å². The van der Waals surface area contributed by atoms with Crippen molar-refractivity contribution in [2.24, 2.45) is 11.7 Å². The smallest absolute Gasteiger partial charge is 0.220 e. The van der Waals surface area contributed by atoms with Crippen molar-refractivity contribution in [2.75, 3.05) is 0 Å². The second-order valence-electron chi connectivity index (χ2n) is 3.26. The van der Waals surface area contributed by atoms with E-state index in [1.807, 2.05) is 6.07 Å². The summed E-state index contributed by atoms with van der Waals surface area (Å²) in [4.78, 5) is 10.8. The van der Waals surface area contributed by atoms with Crippen LogP contribution in [0, 0.1) is 5.92 Å². The highest BCUT2D eigenvalue weighted by Gasteiger charge is 2.10. The molecule has 1 atom stereocenters. The molecular formula is C10H11Cl2NO. The number of hydrogen-bond acceptors (Lipinski definition) is 1. The van der Waals surface area contributed by atoms with E-state index in [0.29, 0.717) is 16.5 Å². The van der Waals surface area contributed by atoms with E-state index in [2.05, 4.69) is 0 Å². The van der Waals surface area contributed by atoms with E-state index in [1.54, 1.807) is 19.1 Å². The zero-order chi connectivity index (χ0) is 10.7. The van der Waals surface area contributed by atoms with E-state index < -0.39 is 0 Å². The van der Waals surface area contributed by atoms with E-state index in [0.717, 1.165) is 5.56 Å². The number of carbonyl (C=O) groups excluding carboxylic acids is 1. The molecule has 0 aromatic heterocycles. The average molecular weight is 232 g/mol. The fraction of sp³-hybridized carbons (Fsp3) is 0.300. The molecular weight excluding hydrogens is 221 g/mol. The van der Waals surface area contributed by atoms with Crippen LogP contribution in [0.25, 0.3) is 0 Å². The third kappa shape index (κ3) is 2.89. The molecule has 0 saturated heterocycles. The number of amides is 1. The fourth-order valence-corrected chi connectivity index (χ4v) is 1.44. The van der Waals surface area contributed by atoms with Crippen molar-refractivity contribution < 1.29 is 4.79 Å². The third-order valence-corrected chi connectivity index (χ3v) is 2.75. The maximum atomic E-state index is 10.8. The Bertz CT molecular complexity index is 352. The van der Waals surface area contributed by atoms with Gasteiger partial charge in [0.2, 0.25) is 5.91 Å². The largest absolute Gasteiger partial charge is 0.369 e. The van der Waals surface area contributed by atoms with Crippen LogP contribution >= 0.6 is 23.2 Å². The summed E-state index contributed by atoms with van der Waals surface area (Å²) < 4.78 is 0. The molecule has 1 aromatic carbocycles. The monoisotopic (exact) mass is 231 g/mol. The number of nitrogens with two attached hydrogens (primary N) is 1. The third-order valence-electron chi connectivity index (χ3n) is 2.01. The first-order valence-corrected chi connectivity index (χ1v) is 4.99. The Kier molecular flexibility index (Phi) is 3.78. The minimum atomic E-state index is -0.309. The highest BCUT2D eigenvalue weighted by Crippen LogP contribution is 2.23. The van der Waals surface area contributed by atoms with E-state index >= 15 is 0 Å². The van der Waals surface area contributed by atoms with E-state index in [4.69, 9.17) is 28.9 Å². The zero-order valence-corrected chi connectivity index (χ0v) is 9.27. The lowest BCUT2D eigenvalue weighted by atomic mass is 10.0. The van der Waals surface area contributed by atoms with Gasteiger partial charge in [-0.25, -0.2) is 0 Å². The zero-order valence-electron chi connectivity index (χ0n) is 7.76. The van der Waals surface area contributed by atoms with Gasteiger partial charge in [-0.1, -0.05) is 36.2 Å². The summed E-state index contributed by atoms with van der Waals surface area (Å²) in [5.74, 6) is -0.497. The Hall–Kier alpha value is -0.730. The minimum absolute atomic E-state index is 0.188. The van der Waals surface area contributed by atoms with Gasteiger partial charge in [-0.05, 0) is 24.1 Å². The van der Waals surface area contributed by atoms with E-state index in [1.165, 1.54) is 0 Å². The predicted octanol–water partition coefficient (Wildman–Crippen LogP) is 2.66. The molecule has 1 aromatic rings. The number of primary amides is 1. The van der Waals surface area contributed by atoms with Crippen molar-refractivity contribution in [3.05, 3.63) is 33.8 Å². The van der Waals surface area contributed by atoms with Crippen LogP contribution in [-0.4, -0.2) is 5.91 Å². The summed E-state index contributed by atoms with van der Waals surface area (Å²) in [6, 6.07) is 5.31. The maximum Gasteiger partial charge on any atom is 0.220 e. The van der Waals surface area contributed by atoms with Crippen LogP contribution in [0.1, 0.15) is 12.5 Å². The molecule has 1 rings (SSSR count). The van der Waals surface area contributed by atoms with Crippen LogP contribution in [0.15, 0.2) is 18.2 Å². The molecule has 0 radical (unpaired) electrons. The maximum absolute atomic E-state index is 10.8. The van der Waals surface area contributed by atoms with Gasteiger partial charge in [0.05, 0.1) is 10.0 Å². The number of hydrogen-bond donors (Lipinski definition) is 1. The molecule has 0 heterocycles. The molecule has 1 unspecified atom stereocenters. The van der Waals surface area contributed by atoms with Gasteiger partial charge in [0.15, 0.2) is 0 Å². The lowest BCUT2D eigenvalue weighted by Crippen LogP contribution is -2.22. The molecule has 0 fully saturated rings. The van der Waals surface area contributed by atoms with Gasteiger partial charge >= 0.3 is 0 Å². The summed E-state index contributed by atoms with van der Waals surface area (Å²) in [6.45, 7) is 1.78. The Morgan fingerprint density at radius 1 is 1.43 bits per heavy atom. The molecule has 0 aliphatic rings. The summed E-state index contributed by atoms with van der Waals surface area (Å²) in [5.41, 5.74) is 6.12. The molecule has 2 nitrogen and oxygen atoms in total. The Morgan fingerprint density at radius 2 is 2.07 bits per heavy atom. The standard InChI is InChI=1S/C10H11Cl2NO/c1-6(10(13)14)4-7-2-3-8(11)9(12)5-7/h2-3,5-6H,4H2,1H3,(H2,13,14). The van der Waals surface area contributed by atoms with Crippen LogP contribution in [-0.2, 0) is 11.2 Å². The van der Waals surface area contributed by atoms with Crippen LogP contribution in [0.4, 0.5) is 0 Å². The second-order valence-corrected chi connectivity index (χ2v) is 4.07. The summed E-state index contributed by atoms with van der Waals surface area (Å²) in [5, 5.41) is 1.02. The van der Waals surface area contributed by atoms with Crippen molar-refractivity contribution >= 4 is 29.1 Å². The lowest BCUT2D eigenvalue weighted by molar-refractivity contribution is -0.121. The predicted molar refractivity (Wildman–Crippen MR) is 58.5 cm³/mol. The van der Waals surface area contributed by atoms with Gasteiger partial charge in [0.1, 0.15) is 0 Å². The first-order chi connectivity index (χ1) is 6.50. The van der Waals surface area contributed by atoms with Crippen LogP contribution in [0.2, 0.25) is 10.0 Å². The molecule has 0 spiro atoms. The van der Waals surface area contributed by atoms with Gasteiger partial charge in [-0.15, -0.1) is 0 Å².